The Morgan fingerprint density at radius 1 is 1.34 bits per heavy atom. The highest BCUT2D eigenvalue weighted by Crippen LogP contribution is 2.32. The van der Waals surface area contributed by atoms with Crippen LogP contribution >= 0.6 is 27.5 Å². The second-order valence-corrected chi connectivity index (χ2v) is 10.8. The van der Waals surface area contributed by atoms with Crippen LogP contribution in [-0.2, 0) is 21.0 Å². The van der Waals surface area contributed by atoms with Crippen LogP contribution < -0.4 is 10.5 Å². The highest BCUT2D eigenvalue weighted by Gasteiger charge is 2.36. The van der Waals surface area contributed by atoms with E-state index in [0.29, 0.717) is 17.3 Å². The summed E-state index contributed by atoms with van der Waals surface area (Å²) in [6.07, 6.45) is 3.35. The van der Waals surface area contributed by atoms with Crippen molar-refractivity contribution in [3.8, 4) is 0 Å². The third-order valence-electron chi connectivity index (χ3n) is 5.68. The molecule has 2 heterocycles. The van der Waals surface area contributed by atoms with Crippen LogP contribution in [0.15, 0.2) is 53.5 Å². The maximum Gasteiger partial charge on any atom is 0.333 e. The number of hydrogen-bond acceptors (Lipinski definition) is 7. The smallest absolute Gasteiger partial charge is 0.333 e. The maximum atomic E-state index is 14.6. The van der Waals surface area contributed by atoms with Gasteiger partial charge in [-0.3, -0.25) is 8.98 Å². The number of ketones is 1. The minimum absolute atomic E-state index is 0.0929. The fourth-order valence-electron chi connectivity index (χ4n) is 4.06. The number of nitrogens with two attached hydrogens (primary N) is 1. The van der Waals surface area contributed by atoms with Gasteiger partial charge < -0.3 is 9.88 Å². The van der Waals surface area contributed by atoms with Gasteiger partial charge in [-0.1, -0.05) is 39.7 Å². The molecular formula is C22H22BrClFN5O4S. The van der Waals surface area contributed by atoms with Crippen molar-refractivity contribution in [3.05, 3.63) is 75.4 Å². The standard InChI is InChI=1S/C22H22BrClFN5O4S/c23-16-3-1-2-13(4-16)9-30-10-15(7-20(30)24)21(31)17-8-27-12-28-22(17)29-19-6-14(5-18(19)25)11-34-35(26,32)33/h1-4,7-8,10,12,14,18-19H,5-6,9,11H2,(H2,26,32,33)(H,27,28,29)/t14-,18+,19-/m1/s1. The number of nitrogens with zero attached hydrogens (tertiary/aromatic N) is 3. The zero-order valence-electron chi connectivity index (χ0n) is 18.3. The first-order valence-corrected chi connectivity index (χ1v) is 13.3. The Balaban J connectivity index is 1.49. The number of alkyl halides is 1. The molecule has 3 atom stereocenters. The molecule has 1 aliphatic rings. The average Bonchev–Trinajstić information content (AvgIpc) is 3.34. The van der Waals surface area contributed by atoms with E-state index in [2.05, 4.69) is 35.4 Å². The summed E-state index contributed by atoms with van der Waals surface area (Å²) in [6.45, 7) is 0.256. The van der Waals surface area contributed by atoms with Crippen LogP contribution in [0, 0.1) is 5.92 Å². The van der Waals surface area contributed by atoms with E-state index in [1.807, 2.05) is 24.3 Å². The lowest BCUT2D eigenvalue weighted by Gasteiger charge is -2.17. The van der Waals surface area contributed by atoms with Crippen molar-refractivity contribution in [1.82, 2.24) is 14.5 Å². The van der Waals surface area contributed by atoms with E-state index in [4.69, 9.17) is 16.7 Å². The first-order chi connectivity index (χ1) is 16.6. The van der Waals surface area contributed by atoms with Crippen molar-refractivity contribution < 1.29 is 21.8 Å². The van der Waals surface area contributed by atoms with E-state index < -0.39 is 22.5 Å². The molecule has 9 nitrogen and oxygen atoms in total. The van der Waals surface area contributed by atoms with Gasteiger partial charge in [0, 0.05) is 29.0 Å². The Morgan fingerprint density at radius 2 is 2.14 bits per heavy atom. The second kappa shape index (κ2) is 10.7. The van der Waals surface area contributed by atoms with Crippen LogP contribution in [0.25, 0.3) is 0 Å². The van der Waals surface area contributed by atoms with E-state index >= 15 is 0 Å². The summed E-state index contributed by atoms with van der Waals surface area (Å²) >= 11 is 9.82. The van der Waals surface area contributed by atoms with Gasteiger partial charge in [-0.2, -0.15) is 8.42 Å². The summed E-state index contributed by atoms with van der Waals surface area (Å²) in [7, 11) is -4.10. The molecule has 0 bridgehead atoms. The number of carbonyl (C=O) groups is 1. The van der Waals surface area contributed by atoms with E-state index in [1.54, 1.807) is 16.8 Å². The van der Waals surface area contributed by atoms with Crippen molar-refractivity contribution in [2.24, 2.45) is 11.1 Å². The Hall–Kier alpha value is -2.38. The number of hydrogen-bond donors (Lipinski definition) is 2. The van der Waals surface area contributed by atoms with E-state index in [9.17, 15) is 17.6 Å². The number of anilines is 1. The predicted molar refractivity (Wildman–Crippen MR) is 132 cm³/mol. The molecule has 0 aliphatic heterocycles. The van der Waals surface area contributed by atoms with Crippen molar-refractivity contribution in [1.29, 1.82) is 0 Å². The Labute approximate surface area is 215 Å². The minimum atomic E-state index is -4.10. The molecule has 3 N–H and O–H groups in total. The van der Waals surface area contributed by atoms with Gasteiger partial charge in [-0.25, -0.2) is 19.5 Å². The highest BCUT2D eigenvalue weighted by molar-refractivity contribution is 9.10. The van der Waals surface area contributed by atoms with Gasteiger partial charge in [0.15, 0.2) is 5.78 Å². The molecule has 35 heavy (non-hydrogen) atoms. The Kier molecular flexibility index (Phi) is 7.86. The lowest BCUT2D eigenvalue weighted by Crippen LogP contribution is -2.27. The number of halogens is 3. The molecule has 186 valence electrons. The van der Waals surface area contributed by atoms with Crippen LogP contribution in [-0.4, -0.2) is 47.6 Å². The molecule has 13 heteroatoms. The number of aromatic nitrogens is 3. The summed E-state index contributed by atoms with van der Waals surface area (Å²) < 4.78 is 44.0. The summed E-state index contributed by atoms with van der Waals surface area (Å²) in [6, 6.07) is 8.62. The van der Waals surface area contributed by atoms with Crippen molar-refractivity contribution in [3.63, 3.8) is 0 Å². The van der Waals surface area contributed by atoms with Crippen LogP contribution in [0.4, 0.5) is 10.2 Å². The number of carbonyl (C=O) groups excluding carboxylic acids is 1. The van der Waals surface area contributed by atoms with Crippen molar-refractivity contribution >= 4 is 49.4 Å². The van der Waals surface area contributed by atoms with Crippen molar-refractivity contribution in [2.45, 2.75) is 31.6 Å². The zero-order chi connectivity index (χ0) is 25.2. The normalized spacial score (nSPS) is 20.2. The number of nitrogens with one attached hydrogen (secondary N) is 1. The fraction of sp³-hybridized carbons (Fsp3) is 0.318. The molecule has 1 aliphatic carbocycles. The predicted octanol–water partition coefficient (Wildman–Crippen LogP) is 3.72. The Morgan fingerprint density at radius 3 is 2.89 bits per heavy atom. The first-order valence-electron chi connectivity index (χ1n) is 10.6. The number of benzene rings is 1. The summed E-state index contributed by atoms with van der Waals surface area (Å²) in [5, 5.41) is 8.21. The lowest BCUT2D eigenvalue weighted by atomic mass is 10.1. The average molecular weight is 587 g/mol. The molecule has 1 aromatic carbocycles. The minimum Gasteiger partial charge on any atom is -0.364 e. The molecule has 4 rings (SSSR count). The zero-order valence-corrected chi connectivity index (χ0v) is 21.4. The third-order valence-corrected chi connectivity index (χ3v) is 6.96. The van der Waals surface area contributed by atoms with Gasteiger partial charge in [-0.05, 0) is 42.5 Å². The van der Waals surface area contributed by atoms with Gasteiger partial charge in [0.05, 0.1) is 18.2 Å². The van der Waals surface area contributed by atoms with Gasteiger partial charge in [0.25, 0.3) is 0 Å². The highest BCUT2D eigenvalue weighted by atomic mass is 79.9. The van der Waals surface area contributed by atoms with Gasteiger partial charge in [0.1, 0.15) is 23.5 Å². The Bertz CT molecular complexity index is 1340. The molecule has 1 fully saturated rings. The molecule has 0 radical (unpaired) electrons. The second-order valence-electron chi connectivity index (χ2n) is 8.31. The van der Waals surface area contributed by atoms with Gasteiger partial charge in [-0.15, -0.1) is 0 Å². The summed E-state index contributed by atoms with van der Waals surface area (Å²) in [5.41, 5.74) is 1.50. The van der Waals surface area contributed by atoms with E-state index in [1.165, 1.54) is 12.5 Å². The summed E-state index contributed by atoms with van der Waals surface area (Å²) in [5.74, 6) is -0.542. The van der Waals surface area contributed by atoms with Crippen LogP contribution in [0.1, 0.15) is 34.3 Å². The maximum absolute atomic E-state index is 14.6. The monoisotopic (exact) mass is 585 g/mol. The SMILES string of the molecule is NS(=O)(=O)OC[C@@H]1C[C@H](F)[C@H](Nc2ncncc2C(=O)c2cc(Cl)n(Cc3cccc(Br)c3)c2)C1. The largest absolute Gasteiger partial charge is 0.364 e. The van der Waals surface area contributed by atoms with Gasteiger partial charge in [0.2, 0.25) is 0 Å². The topological polar surface area (TPSA) is 129 Å². The third kappa shape index (κ3) is 6.64. The fourth-order valence-corrected chi connectivity index (χ4v) is 5.11. The van der Waals surface area contributed by atoms with Gasteiger partial charge >= 0.3 is 10.3 Å². The van der Waals surface area contributed by atoms with Crippen LogP contribution in [0.2, 0.25) is 5.15 Å². The molecule has 0 unspecified atom stereocenters. The molecule has 0 amide bonds. The summed E-state index contributed by atoms with van der Waals surface area (Å²) in [4.78, 5) is 21.4. The molecular weight excluding hydrogens is 565 g/mol. The van der Waals surface area contributed by atoms with Crippen molar-refractivity contribution in [2.75, 3.05) is 11.9 Å². The molecule has 1 saturated carbocycles. The number of rotatable bonds is 9. The quantitative estimate of drug-likeness (QED) is 0.366. The van der Waals surface area contributed by atoms with Crippen LogP contribution in [0.5, 0.6) is 0 Å². The molecule has 0 saturated heterocycles. The first kappa shape index (κ1) is 25.7. The molecule has 3 aromatic rings. The van der Waals surface area contributed by atoms with Crippen LogP contribution in [0.3, 0.4) is 0 Å². The van der Waals surface area contributed by atoms with E-state index in [-0.39, 0.29) is 42.5 Å². The molecule has 2 aromatic heterocycles. The molecule has 0 spiro atoms. The van der Waals surface area contributed by atoms with E-state index in [0.717, 1.165) is 10.0 Å². The lowest BCUT2D eigenvalue weighted by molar-refractivity contribution is 0.103.